The third kappa shape index (κ3) is 9.49. The highest BCUT2D eigenvalue weighted by Crippen LogP contribution is 2.63. The van der Waals surface area contributed by atoms with Gasteiger partial charge in [0.05, 0.1) is 13.2 Å². The Morgan fingerprint density at radius 3 is 2.12 bits per heavy atom. The van der Waals surface area contributed by atoms with Gasteiger partial charge in [0, 0.05) is 5.25 Å². The highest BCUT2D eigenvalue weighted by atomic mass is 32.9. The first-order chi connectivity index (χ1) is 8.08. The lowest BCUT2D eigenvalue weighted by Gasteiger charge is -2.23. The van der Waals surface area contributed by atoms with E-state index >= 15 is 0 Å². The summed E-state index contributed by atoms with van der Waals surface area (Å²) in [7, 11) is 0. The zero-order valence-electron chi connectivity index (χ0n) is 11.6. The molecular weight excluding hydrogens is 271 g/mol. The smallest absolute Gasteiger partial charge is 0.247 e. The maximum absolute atomic E-state index is 5.63. The van der Waals surface area contributed by atoms with Gasteiger partial charge in [-0.3, -0.25) is 0 Å². The topological polar surface area (TPSA) is 18.5 Å². The van der Waals surface area contributed by atoms with E-state index in [9.17, 15) is 0 Å². The number of hydrogen-bond acceptors (Lipinski definition) is 4. The van der Waals surface area contributed by atoms with Gasteiger partial charge < -0.3 is 9.05 Å². The molecule has 0 N–H and O–H groups in total. The zero-order valence-corrected chi connectivity index (χ0v) is 14.1. The average molecular weight is 298 g/mol. The molecular formula is C12H27O2PS2. The van der Waals surface area contributed by atoms with Gasteiger partial charge in [-0.2, -0.15) is 0 Å². The zero-order chi connectivity index (χ0) is 13.1. The van der Waals surface area contributed by atoms with Crippen LogP contribution in [0.15, 0.2) is 0 Å². The fraction of sp³-hybridized carbons (Fsp3) is 1.00. The van der Waals surface area contributed by atoms with E-state index in [4.69, 9.17) is 20.9 Å². The van der Waals surface area contributed by atoms with Crippen molar-refractivity contribution in [3.8, 4) is 0 Å². The largest absolute Gasteiger partial charge is 0.322 e. The monoisotopic (exact) mass is 298 g/mol. The van der Waals surface area contributed by atoms with E-state index < -0.39 is 5.69 Å². The summed E-state index contributed by atoms with van der Waals surface area (Å²) in [6.45, 7) is 9.72. The standard InChI is InChI=1S/C12H27O2PS2/c1-5-8-9-10-11-12(4)17-15(16,13-6-2)14-7-3/h12H,5-11H2,1-4H3. The highest BCUT2D eigenvalue weighted by Gasteiger charge is 2.22. The van der Waals surface area contributed by atoms with Crippen molar-refractivity contribution in [2.24, 2.45) is 0 Å². The second-order valence-electron chi connectivity index (χ2n) is 4.05. The molecule has 17 heavy (non-hydrogen) atoms. The van der Waals surface area contributed by atoms with Gasteiger partial charge in [-0.1, -0.05) is 50.9 Å². The van der Waals surface area contributed by atoms with Gasteiger partial charge in [0.25, 0.3) is 0 Å². The Bertz CT molecular complexity index is 215. The summed E-state index contributed by atoms with van der Waals surface area (Å²) in [6.07, 6.45) is 6.45. The van der Waals surface area contributed by atoms with Crippen LogP contribution in [-0.2, 0) is 20.9 Å². The van der Waals surface area contributed by atoms with Gasteiger partial charge in [0.1, 0.15) is 0 Å². The molecule has 0 radical (unpaired) electrons. The van der Waals surface area contributed by atoms with Crippen molar-refractivity contribution in [3.05, 3.63) is 0 Å². The second-order valence-corrected chi connectivity index (χ2v) is 10.7. The lowest BCUT2D eigenvalue weighted by Crippen LogP contribution is -2.00. The van der Waals surface area contributed by atoms with Crippen molar-refractivity contribution in [2.75, 3.05) is 13.2 Å². The number of unbranched alkanes of at least 4 members (excludes halogenated alkanes) is 3. The molecule has 0 heterocycles. The maximum Gasteiger partial charge on any atom is 0.247 e. The molecule has 0 saturated heterocycles. The molecule has 0 aliphatic carbocycles. The molecule has 0 aliphatic heterocycles. The molecule has 0 aromatic rings. The molecule has 0 aromatic heterocycles. The van der Waals surface area contributed by atoms with Crippen LogP contribution >= 0.6 is 17.1 Å². The van der Waals surface area contributed by atoms with Gasteiger partial charge in [-0.25, -0.2) is 0 Å². The van der Waals surface area contributed by atoms with Crippen molar-refractivity contribution < 1.29 is 9.05 Å². The van der Waals surface area contributed by atoms with Crippen LogP contribution in [0.5, 0.6) is 0 Å². The molecule has 1 atom stereocenters. The predicted octanol–water partition coefficient (Wildman–Crippen LogP) is 5.38. The Morgan fingerprint density at radius 2 is 1.65 bits per heavy atom. The summed E-state index contributed by atoms with van der Waals surface area (Å²) in [5, 5.41) is 0.538. The molecule has 0 aromatic carbocycles. The molecule has 5 heteroatoms. The first kappa shape index (κ1) is 17.9. The lowest BCUT2D eigenvalue weighted by atomic mass is 10.1. The van der Waals surface area contributed by atoms with Crippen molar-refractivity contribution >= 4 is 28.9 Å². The van der Waals surface area contributed by atoms with Crippen LogP contribution < -0.4 is 0 Å². The van der Waals surface area contributed by atoms with Crippen LogP contribution in [0, 0.1) is 0 Å². The Hall–Kier alpha value is 0.920. The Labute approximate surface area is 116 Å². The van der Waals surface area contributed by atoms with E-state index in [1.807, 2.05) is 13.8 Å². The molecule has 1 unspecified atom stereocenters. The van der Waals surface area contributed by atoms with Gasteiger partial charge in [0.15, 0.2) is 0 Å². The maximum atomic E-state index is 5.63. The van der Waals surface area contributed by atoms with Crippen molar-refractivity contribution in [2.45, 2.75) is 65.0 Å². The minimum atomic E-state index is -2.08. The number of rotatable bonds is 11. The molecule has 0 rings (SSSR count). The fourth-order valence-corrected chi connectivity index (χ4v) is 7.68. The summed E-state index contributed by atoms with van der Waals surface area (Å²) in [4.78, 5) is 0. The molecule has 2 nitrogen and oxygen atoms in total. The second kappa shape index (κ2) is 10.8. The van der Waals surface area contributed by atoms with Crippen LogP contribution in [0.2, 0.25) is 0 Å². The van der Waals surface area contributed by atoms with Crippen LogP contribution in [0.25, 0.3) is 0 Å². The van der Waals surface area contributed by atoms with E-state index in [1.165, 1.54) is 32.1 Å². The Kier molecular flexibility index (Phi) is 11.4. The third-order valence-electron chi connectivity index (χ3n) is 2.35. The average Bonchev–Trinajstić information content (AvgIpc) is 2.24. The quantitative estimate of drug-likeness (QED) is 0.376. The Balaban J connectivity index is 3.95. The molecule has 0 bridgehead atoms. The predicted molar refractivity (Wildman–Crippen MR) is 83.3 cm³/mol. The highest BCUT2D eigenvalue weighted by molar-refractivity contribution is 8.68. The van der Waals surface area contributed by atoms with Gasteiger partial charge in [-0.15, -0.1) is 0 Å². The Morgan fingerprint density at radius 1 is 1.06 bits per heavy atom. The van der Waals surface area contributed by atoms with Crippen molar-refractivity contribution in [3.63, 3.8) is 0 Å². The molecule has 0 aliphatic rings. The summed E-state index contributed by atoms with van der Waals surface area (Å²) < 4.78 is 11.3. The minimum Gasteiger partial charge on any atom is -0.322 e. The van der Waals surface area contributed by atoms with Gasteiger partial charge in [-0.05, 0) is 32.1 Å². The van der Waals surface area contributed by atoms with E-state index in [0.29, 0.717) is 18.5 Å². The van der Waals surface area contributed by atoms with E-state index in [2.05, 4.69) is 13.8 Å². The van der Waals surface area contributed by atoms with Crippen molar-refractivity contribution in [1.82, 2.24) is 0 Å². The van der Waals surface area contributed by atoms with E-state index in [0.717, 1.165) is 0 Å². The molecule has 0 saturated carbocycles. The first-order valence-corrected chi connectivity index (χ1v) is 10.8. The summed E-state index contributed by atoms with van der Waals surface area (Å²) in [5.41, 5.74) is -2.08. The third-order valence-corrected chi connectivity index (χ3v) is 8.24. The molecule has 104 valence electrons. The van der Waals surface area contributed by atoms with Crippen molar-refractivity contribution in [1.29, 1.82) is 0 Å². The first-order valence-electron chi connectivity index (χ1n) is 6.65. The number of hydrogen-bond donors (Lipinski definition) is 0. The minimum absolute atomic E-state index is 0.538. The molecule has 0 spiro atoms. The van der Waals surface area contributed by atoms with Crippen LogP contribution in [0.3, 0.4) is 0 Å². The van der Waals surface area contributed by atoms with E-state index in [1.54, 1.807) is 11.4 Å². The fourth-order valence-electron chi connectivity index (χ4n) is 1.55. The van der Waals surface area contributed by atoms with Gasteiger partial charge >= 0.3 is 0 Å². The summed E-state index contributed by atoms with van der Waals surface area (Å²) >= 11 is 7.24. The lowest BCUT2D eigenvalue weighted by molar-refractivity contribution is 0.280. The summed E-state index contributed by atoms with van der Waals surface area (Å²) in [5.74, 6) is 0. The van der Waals surface area contributed by atoms with Crippen LogP contribution in [-0.4, -0.2) is 18.5 Å². The molecule has 0 fully saturated rings. The molecule has 0 amide bonds. The normalized spacial score (nSPS) is 13.9. The van der Waals surface area contributed by atoms with Crippen LogP contribution in [0.1, 0.15) is 59.8 Å². The van der Waals surface area contributed by atoms with Gasteiger partial charge in [0.2, 0.25) is 5.69 Å². The SMILES string of the molecule is CCCCCCC(C)SP(=S)(OCC)OCC. The summed E-state index contributed by atoms with van der Waals surface area (Å²) in [6, 6.07) is 0. The van der Waals surface area contributed by atoms with Crippen LogP contribution in [0.4, 0.5) is 0 Å². The van der Waals surface area contributed by atoms with E-state index in [-0.39, 0.29) is 0 Å².